The number of hydrogen-bond acceptors (Lipinski definition) is 7. The Kier molecular flexibility index (Phi) is 4.39. The van der Waals surface area contributed by atoms with E-state index in [9.17, 15) is 0 Å². The van der Waals surface area contributed by atoms with Crippen molar-refractivity contribution in [1.82, 2.24) is 25.0 Å². The van der Waals surface area contributed by atoms with Crippen LogP contribution in [0.25, 0.3) is 11.5 Å². The normalized spacial score (nSPS) is 15.5. The zero-order valence-electron chi connectivity index (χ0n) is 14.2. The lowest BCUT2D eigenvalue weighted by molar-refractivity contribution is 0.249. The minimum Gasteiger partial charge on any atom is -0.353 e. The van der Waals surface area contributed by atoms with Crippen LogP contribution < -0.4 is 4.90 Å². The quantitative estimate of drug-likeness (QED) is 0.723. The summed E-state index contributed by atoms with van der Waals surface area (Å²) in [7, 11) is 0. The van der Waals surface area contributed by atoms with Gasteiger partial charge in [0.15, 0.2) is 5.82 Å². The van der Waals surface area contributed by atoms with Crippen LogP contribution in [0.15, 0.2) is 47.4 Å². The van der Waals surface area contributed by atoms with Gasteiger partial charge < -0.3 is 9.42 Å². The predicted molar refractivity (Wildman–Crippen MR) is 94.0 cm³/mol. The van der Waals surface area contributed by atoms with Crippen molar-refractivity contribution in [2.24, 2.45) is 0 Å². The maximum Gasteiger partial charge on any atom is 0.261 e. The Bertz CT molecular complexity index is 826. The molecule has 0 atom stereocenters. The summed E-state index contributed by atoms with van der Waals surface area (Å²) in [4.78, 5) is 17.8. The van der Waals surface area contributed by atoms with Gasteiger partial charge >= 0.3 is 0 Å². The standard InChI is InChI=1S/C18H20N6O/c1-14-21-18(25-22-14)16-5-3-7-20-17(16)24-10-8-23(9-11-24)13-15-4-2-6-19-12-15/h2-7,12H,8-11,13H2,1H3. The molecule has 1 saturated heterocycles. The molecule has 7 heteroatoms. The van der Waals surface area contributed by atoms with E-state index in [0.29, 0.717) is 11.7 Å². The number of aromatic nitrogens is 4. The highest BCUT2D eigenvalue weighted by atomic mass is 16.5. The van der Waals surface area contributed by atoms with Crippen molar-refractivity contribution in [3.05, 3.63) is 54.2 Å². The van der Waals surface area contributed by atoms with Crippen LogP contribution in [-0.4, -0.2) is 51.2 Å². The first kappa shape index (κ1) is 15.7. The fourth-order valence-corrected chi connectivity index (χ4v) is 3.09. The van der Waals surface area contributed by atoms with Crippen molar-refractivity contribution in [1.29, 1.82) is 0 Å². The van der Waals surface area contributed by atoms with Gasteiger partial charge in [-0.1, -0.05) is 11.2 Å². The Morgan fingerprint density at radius 1 is 1.08 bits per heavy atom. The Hall–Kier alpha value is -2.80. The van der Waals surface area contributed by atoms with Crippen molar-refractivity contribution in [2.45, 2.75) is 13.5 Å². The molecule has 0 bridgehead atoms. The topological polar surface area (TPSA) is 71.2 Å². The number of aryl methyl sites for hydroxylation is 1. The first-order chi connectivity index (χ1) is 12.3. The van der Waals surface area contributed by atoms with Crippen molar-refractivity contribution in [3.63, 3.8) is 0 Å². The molecule has 1 fully saturated rings. The Morgan fingerprint density at radius 2 is 1.92 bits per heavy atom. The SMILES string of the molecule is Cc1noc(-c2cccnc2N2CCN(Cc3cccnc3)CC2)n1. The second-order valence-corrected chi connectivity index (χ2v) is 6.15. The molecule has 4 rings (SSSR count). The molecule has 0 amide bonds. The summed E-state index contributed by atoms with van der Waals surface area (Å²) in [6, 6.07) is 7.99. The van der Waals surface area contributed by atoms with E-state index in [0.717, 1.165) is 44.1 Å². The van der Waals surface area contributed by atoms with E-state index >= 15 is 0 Å². The van der Waals surface area contributed by atoms with Crippen molar-refractivity contribution in [3.8, 4) is 11.5 Å². The van der Waals surface area contributed by atoms with Gasteiger partial charge in [0.25, 0.3) is 5.89 Å². The molecule has 3 aromatic heterocycles. The molecule has 4 heterocycles. The van der Waals surface area contributed by atoms with Crippen LogP contribution in [0.3, 0.4) is 0 Å². The average molecular weight is 336 g/mol. The van der Waals surface area contributed by atoms with E-state index in [1.165, 1.54) is 5.56 Å². The van der Waals surface area contributed by atoms with Crippen LogP contribution in [0, 0.1) is 6.92 Å². The number of piperazine rings is 1. The molecular weight excluding hydrogens is 316 g/mol. The molecule has 0 aromatic carbocycles. The van der Waals surface area contributed by atoms with Crippen LogP contribution in [0.2, 0.25) is 0 Å². The van der Waals surface area contributed by atoms with E-state index < -0.39 is 0 Å². The summed E-state index contributed by atoms with van der Waals surface area (Å²) in [5, 5.41) is 3.89. The second kappa shape index (κ2) is 6.98. The Balaban J connectivity index is 1.46. The molecule has 7 nitrogen and oxygen atoms in total. The Labute approximate surface area is 146 Å². The van der Waals surface area contributed by atoms with Gasteiger partial charge in [-0.25, -0.2) is 4.98 Å². The van der Waals surface area contributed by atoms with Crippen molar-refractivity contribution < 1.29 is 4.52 Å². The summed E-state index contributed by atoms with van der Waals surface area (Å²) in [6.45, 7) is 6.54. The largest absolute Gasteiger partial charge is 0.353 e. The second-order valence-electron chi connectivity index (χ2n) is 6.15. The van der Waals surface area contributed by atoms with Crippen molar-refractivity contribution in [2.75, 3.05) is 31.1 Å². The Morgan fingerprint density at radius 3 is 2.64 bits per heavy atom. The number of pyridine rings is 2. The lowest BCUT2D eigenvalue weighted by atomic mass is 10.2. The molecule has 0 saturated carbocycles. The summed E-state index contributed by atoms with van der Waals surface area (Å²) in [6.07, 6.45) is 5.55. The highest BCUT2D eigenvalue weighted by molar-refractivity contribution is 5.69. The zero-order chi connectivity index (χ0) is 17.1. The van der Waals surface area contributed by atoms with Gasteiger partial charge in [0, 0.05) is 51.3 Å². The van der Waals surface area contributed by atoms with Crippen LogP contribution in [0.1, 0.15) is 11.4 Å². The van der Waals surface area contributed by atoms with E-state index in [1.54, 1.807) is 0 Å². The van der Waals surface area contributed by atoms with Gasteiger partial charge in [-0.15, -0.1) is 0 Å². The lowest BCUT2D eigenvalue weighted by Crippen LogP contribution is -2.46. The molecule has 0 aliphatic carbocycles. The monoisotopic (exact) mass is 336 g/mol. The van der Waals surface area contributed by atoms with Gasteiger partial charge in [0.05, 0.1) is 5.56 Å². The fraction of sp³-hybridized carbons (Fsp3) is 0.333. The highest BCUT2D eigenvalue weighted by Gasteiger charge is 2.22. The third-order valence-corrected chi connectivity index (χ3v) is 4.35. The molecule has 1 aliphatic heterocycles. The zero-order valence-corrected chi connectivity index (χ0v) is 14.2. The van der Waals surface area contributed by atoms with Gasteiger partial charge in [-0.05, 0) is 30.7 Å². The van der Waals surface area contributed by atoms with Crippen LogP contribution >= 0.6 is 0 Å². The fourth-order valence-electron chi connectivity index (χ4n) is 3.09. The van der Waals surface area contributed by atoms with Gasteiger partial charge in [-0.2, -0.15) is 4.98 Å². The average Bonchev–Trinajstić information content (AvgIpc) is 3.10. The number of hydrogen-bond donors (Lipinski definition) is 0. The van der Waals surface area contributed by atoms with Gasteiger partial charge in [0.1, 0.15) is 5.82 Å². The highest BCUT2D eigenvalue weighted by Crippen LogP contribution is 2.28. The van der Waals surface area contributed by atoms with E-state index in [2.05, 4.69) is 36.0 Å². The smallest absolute Gasteiger partial charge is 0.261 e. The molecule has 0 unspecified atom stereocenters. The summed E-state index contributed by atoms with van der Waals surface area (Å²) < 4.78 is 5.34. The molecule has 128 valence electrons. The van der Waals surface area contributed by atoms with E-state index in [1.807, 2.05) is 43.7 Å². The van der Waals surface area contributed by atoms with Crippen LogP contribution in [0.4, 0.5) is 5.82 Å². The number of nitrogens with zero attached hydrogens (tertiary/aromatic N) is 6. The molecule has 0 radical (unpaired) electrons. The van der Waals surface area contributed by atoms with Gasteiger partial charge in [0.2, 0.25) is 0 Å². The maximum absolute atomic E-state index is 5.34. The molecule has 25 heavy (non-hydrogen) atoms. The lowest BCUT2D eigenvalue weighted by Gasteiger charge is -2.35. The minimum absolute atomic E-state index is 0.526. The summed E-state index contributed by atoms with van der Waals surface area (Å²) in [5.41, 5.74) is 2.14. The predicted octanol–water partition coefficient (Wildman–Crippen LogP) is 2.16. The third kappa shape index (κ3) is 3.51. The molecular formula is C18H20N6O. The third-order valence-electron chi connectivity index (χ3n) is 4.35. The first-order valence-electron chi connectivity index (χ1n) is 8.41. The van der Waals surface area contributed by atoms with Crippen LogP contribution in [-0.2, 0) is 6.54 Å². The molecule has 3 aromatic rings. The van der Waals surface area contributed by atoms with Gasteiger partial charge in [-0.3, -0.25) is 9.88 Å². The molecule has 1 aliphatic rings. The van der Waals surface area contributed by atoms with E-state index in [-0.39, 0.29) is 0 Å². The summed E-state index contributed by atoms with van der Waals surface area (Å²) in [5.74, 6) is 2.07. The number of anilines is 1. The van der Waals surface area contributed by atoms with Crippen LogP contribution in [0.5, 0.6) is 0 Å². The number of rotatable bonds is 4. The summed E-state index contributed by atoms with van der Waals surface area (Å²) >= 11 is 0. The molecule has 0 N–H and O–H groups in total. The van der Waals surface area contributed by atoms with E-state index in [4.69, 9.17) is 4.52 Å². The van der Waals surface area contributed by atoms with Crippen molar-refractivity contribution >= 4 is 5.82 Å². The minimum atomic E-state index is 0.526. The molecule has 0 spiro atoms. The maximum atomic E-state index is 5.34. The first-order valence-corrected chi connectivity index (χ1v) is 8.41.